The maximum absolute atomic E-state index is 11.3. The third kappa shape index (κ3) is 1.99. The quantitative estimate of drug-likeness (QED) is 0.579. The maximum Gasteiger partial charge on any atom is 0.296 e. The lowest BCUT2D eigenvalue weighted by Crippen LogP contribution is -2.22. The van der Waals surface area contributed by atoms with Crippen LogP contribution in [0.2, 0.25) is 15.1 Å². The van der Waals surface area contributed by atoms with E-state index in [1.54, 1.807) is 0 Å². The Bertz CT molecular complexity index is 739. The fourth-order valence-electron chi connectivity index (χ4n) is 1.40. The summed E-state index contributed by atoms with van der Waals surface area (Å²) in [6, 6.07) is 2.08. The highest BCUT2D eigenvalue weighted by atomic mass is 35.5. The second-order valence-electron chi connectivity index (χ2n) is 3.25. The molecule has 88 valence electrons. The maximum atomic E-state index is 11.3. The van der Waals surface area contributed by atoms with Gasteiger partial charge in [-0.1, -0.05) is 34.8 Å². The molecule has 0 amide bonds. The van der Waals surface area contributed by atoms with Gasteiger partial charge in [0.25, 0.3) is 5.56 Å². The number of nitrogens with one attached hydrogen (secondary N) is 1. The summed E-state index contributed by atoms with van der Waals surface area (Å²) in [7, 11) is 0. The molecule has 1 aromatic heterocycles. The number of aromatic nitrogens is 1. The molecule has 0 unspecified atom stereocenters. The zero-order chi connectivity index (χ0) is 12.7. The number of aromatic amines is 1. The van der Waals surface area contributed by atoms with Crippen molar-refractivity contribution in [1.29, 1.82) is 0 Å². The molecule has 0 radical (unpaired) electrons. The van der Waals surface area contributed by atoms with Crippen LogP contribution in [0.3, 0.4) is 0 Å². The summed E-state index contributed by atoms with van der Waals surface area (Å²) in [6.45, 7) is 0. The molecular formula is C10H4Cl3NO3. The fourth-order valence-corrected chi connectivity index (χ4v) is 2.15. The van der Waals surface area contributed by atoms with Gasteiger partial charge in [0.1, 0.15) is 5.75 Å². The van der Waals surface area contributed by atoms with Crippen LogP contribution < -0.4 is 11.0 Å². The van der Waals surface area contributed by atoms with Crippen LogP contribution in [-0.2, 0) is 0 Å². The monoisotopic (exact) mass is 291 g/mol. The zero-order valence-corrected chi connectivity index (χ0v) is 10.3. The van der Waals surface area contributed by atoms with Gasteiger partial charge in [0.15, 0.2) is 0 Å². The molecule has 0 aliphatic heterocycles. The molecule has 0 fully saturated rings. The molecule has 0 atom stereocenters. The van der Waals surface area contributed by atoms with Gasteiger partial charge >= 0.3 is 0 Å². The van der Waals surface area contributed by atoms with Crippen LogP contribution >= 0.6 is 34.8 Å². The Morgan fingerprint density at radius 2 is 1.71 bits per heavy atom. The van der Waals surface area contributed by atoms with Crippen molar-refractivity contribution in [2.24, 2.45) is 0 Å². The zero-order valence-electron chi connectivity index (χ0n) is 8.05. The van der Waals surface area contributed by atoms with Gasteiger partial charge in [-0.25, -0.2) is 0 Å². The lowest BCUT2D eigenvalue weighted by atomic mass is 10.2. The molecular weight excluding hydrogens is 288 g/mol. The van der Waals surface area contributed by atoms with Crippen LogP contribution in [0.1, 0.15) is 0 Å². The molecule has 0 saturated carbocycles. The van der Waals surface area contributed by atoms with Crippen molar-refractivity contribution in [3.63, 3.8) is 0 Å². The summed E-state index contributed by atoms with van der Waals surface area (Å²) in [4.78, 5) is 24.8. The van der Waals surface area contributed by atoms with E-state index in [1.807, 2.05) is 0 Å². The third-order valence-electron chi connectivity index (χ3n) is 2.16. The minimum atomic E-state index is -0.907. The summed E-state index contributed by atoms with van der Waals surface area (Å²) < 4.78 is 0. The van der Waals surface area contributed by atoms with Crippen molar-refractivity contribution in [2.45, 2.75) is 0 Å². The van der Waals surface area contributed by atoms with Crippen LogP contribution in [0, 0.1) is 0 Å². The number of benzene rings is 1. The molecule has 1 heterocycles. The van der Waals surface area contributed by atoms with E-state index in [0.717, 1.165) is 6.07 Å². The van der Waals surface area contributed by atoms with Crippen molar-refractivity contribution < 1.29 is 5.11 Å². The largest absolute Gasteiger partial charge is 0.507 e. The van der Waals surface area contributed by atoms with Crippen LogP contribution in [0.15, 0.2) is 21.7 Å². The summed E-state index contributed by atoms with van der Waals surface area (Å²) in [5.41, 5.74) is -1.75. The standard InChI is InChI=1S/C10H4Cl3NO3/c11-3-1-4(12)9-7(8(3)13)5(15)2-6(16)10(17)14-9/h1-2,15H,(H,14,16,17). The first-order chi connectivity index (χ1) is 7.91. The SMILES string of the molecule is O=c1cc(O)c2c(Cl)c(Cl)cc(Cl)c2[nH]c1=O. The minimum Gasteiger partial charge on any atom is -0.507 e. The number of aromatic hydroxyl groups is 1. The minimum absolute atomic E-state index is 0.00909. The number of fused-ring (bicyclic) bond motifs is 1. The molecule has 2 rings (SSSR count). The molecule has 0 aliphatic carbocycles. The first-order valence-corrected chi connectivity index (χ1v) is 5.49. The highest BCUT2D eigenvalue weighted by Crippen LogP contribution is 2.37. The first kappa shape index (κ1) is 12.2. The number of rotatable bonds is 0. The molecule has 2 aromatic rings. The van der Waals surface area contributed by atoms with Crippen LogP contribution in [0.5, 0.6) is 5.75 Å². The molecule has 1 aromatic carbocycles. The van der Waals surface area contributed by atoms with E-state index in [0.29, 0.717) is 0 Å². The fraction of sp³-hybridized carbons (Fsp3) is 0. The summed E-state index contributed by atoms with van der Waals surface area (Å²) in [5.74, 6) is -0.460. The van der Waals surface area contributed by atoms with Crippen molar-refractivity contribution in [3.8, 4) is 5.75 Å². The molecule has 17 heavy (non-hydrogen) atoms. The highest BCUT2D eigenvalue weighted by Gasteiger charge is 2.13. The Hall–Kier alpha value is -1.23. The van der Waals surface area contributed by atoms with Gasteiger partial charge in [-0.3, -0.25) is 9.59 Å². The smallest absolute Gasteiger partial charge is 0.296 e. The number of H-pyrrole nitrogens is 1. The highest BCUT2D eigenvalue weighted by molar-refractivity contribution is 6.47. The van der Waals surface area contributed by atoms with Gasteiger partial charge in [0.05, 0.1) is 26.0 Å². The molecule has 4 nitrogen and oxygen atoms in total. The summed E-state index contributed by atoms with van der Waals surface area (Å²) in [6.07, 6.45) is 0. The average Bonchev–Trinajstić information content (AvgIpc) is 2.35. The predicted octanol–water partition coefficient (Wildman–Crippen LogP) is 2.55. The van der Waals surface area contributed by atoms with Crippen LogP contribution in [0.4, 0.5) is 0 Å². The van der Waals surface area contributed by atoms with Crippen LogP contribution in [0.25, 0.3) is 10.9 Å². The van der Waals surface area contributed by atoms with Gasteiger partial charge in [-0.15, -0.1) is 0 Å². The normalized spacial score (nSPS) is 10.8. The first-order valence-electron chi connectivity index (χ1n) is 4.35. The lowest BCUT2D eigenvalue weighted by Gasteiger charge is -2.03. The van der Waals surface area contributed by atoms with Crippen molar-refractivity contribution in [3.05, 3.63) is 47.8 Å². The predicted molar refractivity (Wildman–Crippen MR) is 67.5 cm³/mol. The van der Waals surface area contributed by atoms with Crippen LogP contribution in [-0.4, -0.2) is 10.1 Å². The molecule has 7 heteroatoms. The van der Waals surface area contributed by atoms with E-state index in [2.05, 4.69) is 4.98 Å². The van der Waals surface area contributed by atoms with Gasteiger partial charge in [0.2, 0.25) is 5.43 Å². The van der Waals surface area contributed by atoms with E-state index in [9.17, 15) is 14.7 Å². The molecule has 0 saturated heterocycles. The van der Waals surface area contributed by atoms with Crippen molar-refractivity contribution >= 4 is 45.7 Å². The summed E-state index contributed by atoms with van der Waals surface area (Å²) in [5, 5.41) is 9.94. The molecule has 2 N–H and O–H groups in total. The van der Waals surface area contributed by atoms with Crippen molar-refractivity contribution in [2.75, 3.05) is 0 Å². The third-order valence-corrected chi connectivity index (χ3v) is 3.24. The van der Waals surface area contributed by atoms with E-state index in [-0.39, 0.29) is 26.0 Å². The summed E-state index contributed by atoms with van der Waals surface area (Å²) >= 11 is 17.5. The molecule has 0 spiro atoms. The Morgan fingerprint density at radius 1 is 1.06 bits per heavy atom. The molecule has 0 bridgehead atoms. The molecule has 0 aliphatic rings. The lowest BCUT2D eigenvalue weighted by molar-refractivity contribution is 0.481. The second-order valence-corrected chi connectivity index (χ2v) is 4.44. The van der Waals surface area contributed by atoms with Gasteiger partial charge in [-0.05, 0) is 6.07 Å². The number of hydrogen-bond acceptors (Lipinski definition) is 3. The Balaban J connectivity index is 3.24. The van der Waals surface area contributed by atoms with Gasteiger partial charge in [-0.2, -0.15) is 0 Å². The van der Waals surface area contributed by atoms with Gasteiger partial charge < -0.3 is 10.1 Å². The number of hydrogen-bond donors (Lipinski definition) is 2. The average molecular weight is 293 g/mol. The van der Waals surface area contributed by atoms with Crippen molar-refractivity contribution in [1.82, 2.24) is 4.98 Å². The topological polar surface area (TPSA) is 70.2 Å². The Kier molecular flexibility index (Phi) is 3.03. The number of halogens is 3. The van der Waals surface area contributed by atoms with E-state index < -0.39 is 16.7 Å². The Morgan fingerprint density at radius 3 is 2.35 bits per heavy atom. The second kappa shape index (κ2) is 4.22. The Labute approximate surface area is 109 Å². The van der Waals surface area contributed by atoms with E-state index >= 15 is 0 Å². The van der Waals surface area contributed by atoms with E-state index in [1.165, 1.54) is 6.07 Å². The van der Waals surface area contributed by atoms with Gasteiger partial charge in [0, 0.05) is 6.07 Å². The van der Waals surface area contributed by atoms with E-state index in [4.69, 9.17) is 34.8 Å².